The summed E-state index contributed by atoms with van der Waals surface area (Å²) in [5.41, 5.74) is 3.73. The summed E-state index contributed by atoms with van der Waals surface area (Å²) in [5.74, 6) is 3.23. The number of hydrazone groups is 1. The molecule has 4 saturated carbocycles. The van der Waals surface area contributed by atoms with Gasteiger partial charge in [-0.15, -0.1) is 0 Å². The molecule has 1 aromatic carbocycles. The van der Waals surface area contributed by atoms with Crippen molar-refractivity contribution in [2.45, 2.75) is 51.0 Å². The van der Waals surface area contributed by atoms with Crippen LogP contribution in [0, 0.1) is 23.2 Å². The molecule has 0 aromatic heterocycles. The smallest absolute Gasteiger partial charge is 0.249 e. The molecule has 1 aromatic rings. The van der Waals surface area contributed by atoms with Gasteiger partial charge in [0.1, 0.15) is 23.3 Å². The van der Waals surface area contributed by atoms with Gasteiger partial charge in [-0.1, -0.05) is 0 Å². The standard InChI is InChI=1S/C23H29N3O4/c1-29-16-3-4-20(30-2)17(8-16)24-22(28)19-9-18(25-26-19)21(27)23-10-13-5-14(11-23)7-15(6-13)12-23/h3-4,8,13-15,19,26H,5-7,9-12H2,1-2H3,(H,24,28). The molecule has 7 heteroatoms. The molecule has 4 bridgehead atoms. The number of hydrogen-bond acceptors (Lipinski definition) is 6. The number of benzene rings is 1. The predicted octanol–water partition coefficient (Wildman–Crippen LogP) is 3.15. The molecule has 1 unspecified atom stereocenters. The zero-order valence-corrected chi connectivity index (χ0v) is 17.6. The Balaban J connectivity index is 1.26. The van der Waals surface area contributed by atoms with Gasteiger partial charge in [0.05, 0.1) is 19.9 Å². The number of nitrogens with one attached hydrogen (secondary N) is 2. The summed E-state index contributed by atoms with van der Waals surface area (Å²) in [5, 5.41) is 7.20. The van der Waals surface area contributed by atoms with Crippen LogP contribution >= 0.6 is 0 Å². The monoisotopic (exact) mass is 411 g/mol. The van der Waals surface area contributed by atoms with Gasteiger partial charge in [-0.25, -0.2) is 0 Å². The molecule has 5 aliphatic rings. The van der Waals surface area contributed by atoms with Crippen LogP contribution in [0.5, 0.6) is 11.5 Å². The van der Waals surface area contributed by atoms with E-state index in [1.54, 1.807) is 32.4 Å². The highest BCUT2D eigenvalue weighted by Gasteiger charge is 2.55. The third-order valence-electron chi connectivity index (χ3n) is 7.52. The minimum Gasteiger partial charge on any atom is -0.497 e. The van der Waals surface area contributed by atoms with E-state index in [1.165, 1.54) is 19.3 Å². The van der Waals surface area contributed by atoms with E-state index in [9.17, 15) is 9.59 Å². The number of amides is 1. The van der Waals surface area contributed by atoms with Crippen LogP contribution in [0.15, 0.2) is 23.3 Å². The van der Waals surface area contributed by atoms with E-state index in [0.29, 0.717) is 47.1 Å². The average Bonchev–Trinajstić information content (AvgIpc) is 3.22. The van der Waals surface area contributed by atoms with Crippen LogP contribution in [-0.2, 0) is 9.59 Å². The normalized spacial score (nSPS) is 33.6. The lowest BCUT2D eigenvalue weighted by Gasteiger charge is -2.55. The Morgan fingerprint density at radius 3 is 2.33 bits per heavy atom. The Morgan fingerprint density at radius 1 is 1.07 bits per heavy atom. The number of anilines is 1. The fourth-order valence-electron chi connectivity index (χ4n) is 6.56. The number of hydrogen-bond donors (Lipinski definition) is 2. The van der Waals surface area contributed by atoms with Crippen molar-refractivity contribution in [3.63, 3.8) is 0 Å². The minimum atomic E-state index is -0.561. The van der Waals surface area contributed by atoms with Crippen molar-refractivity contribution in [3.05, 3.63) is 18.2 Å². The van der Waals surface area contributed by atoms with E-state index < -0.39 is 6.04 Å². The van der Waals surface area contributed by atoms with Crippen LogP contribution in [0.2, 0.25) is 0 Å². The molecule has 1 amide bonds. The summed E-state index contributed by atoms with van der Waals surface area (Å²) in [4.78, 5) is 26.3. The van der Waals surface area contributed by atoms with Crippen LogP contribution in [0.3, 0.4) is 0 Å². The van der Waals surface area contributed by atoms with Crippen molar-refractivity contribution in [3.8, 4) is 11.5 Å². The first kappa shape index (κ1) is 19.4. The van der Waals surface area contributed by atoms with Gasteiger partial charge in [-0.05, 0) is 68.4 Å². The second kappa shape index (κ2) is 7.29. The third-order valence-corrected chi connectivity index (χ3v) is 7.52. The maximum atomic E-state index is 13.5. The van der Waals surface area contributed by atoms with E-state index in [-0.39, 0.29) is 17.1 Å². The van der Waals surface area contributed by atoms with Crippen LogP contribution in [0.25, 0.3) is 0 Å². The van der Waals surface area contributed by atoms with Crippen molar-refractivity contribution >= 4 is 23.1 Å². The van der Waals surface area contributed by atoms with Gasteiger partial charge in [-0.2, -0.15) is 5.10 Å². The molecule has 7 nitrogen and oxygen atoms in total. The molecule has 30 heavy (non-hydrogen) atoms. The summed E-state index contributed by atoms with van der Waals surface area (Å²) >= 11 is 0. The molecule has 6 rings (SSSR count). The van der Waals surface area contributed by atoms with Gasteiger partial charge in [0.2, 0.25) is 5.91 Å². The quantitative estimate of drug-likeness (QED) is 0.751. The second-order valence-corrected chi connectivity index (χ2v) is 9.53. The summed E-state index contributed by atoms with van der Waals surface area (Å²) in [6, 6.07) is 4.67. The summed E-state index contributed by atoms with van der Waals surface area (Å²) in [7, 11) is 3.12. The molecule has 0 saturated heterocycles. The number of nitrogens with zero attached hydrogens (tertiary/aromatic N) is 1. The molecule has 4 fully saturated rings. The van der Waals surface area contributed by atoms with Crippen molar-refractivity contribution in [2.75, 3.05) is 19.5 Å². The number of methoxy groups -OCH3 is 2. The number of ether oxygens (including phenoxy) is 2. The molecular formula is C23H29N3O4. The van der Waals surface area contributed by atoms with Crippen molar-refractivity contribution in [2.24, 2.45) is 28.3 Å². The Kier molecular flexibility index (Phi) is 4.71. The summed E-state index contributed by atoms with van der Waals surface area (Å²) in [6.45, 7) is 0. The number of ketones is 1. The van der Waals surface area contributed by atoms with Gasteiger partial charge >= 0.3 is 0 Å². The summed E-state index contributed by atoms with van der Waals surface area (Å²) < 4.78 is 10.6. The molecule has 1 heterocycles. The Hall–Kier alpha value is -2.57. The van der Waals surface area contributed by atoms with Gasteiger partial charge < -0.3 is 14.8 Å². The SMILES string of the molecule is COc1ccc(OC)c(NC(=O)C2CC(C(=O)C34CC5CC(CC(C5)C3)C4)=NN2)c1. The van der Waals surface area contributed by atoms with Crippen LogP contribution in [0.1, 0.15) is 44.9 Å². The average molecular weight is 412 g/mol. The lowest BCUT2D eigenvalue weighted by atomic mass is 9.48. The Morgan fingerprint density at radius 2 is 1.73 bits per heavy atom. The number of carbonyl (C=O) groups is 2. The van der Waals surface area contributed by atoms with E-state index in [0.717, 1.165) is 19.3 Å². The van der Waals surface area contributed by atoms with E-state index in [1.807, 2.05) is 0 Å². The zero-order valence-electron chi connectivity index (χ0n) is 17.6. The fraction of sp³-hybridized carbons (Fsp3) is 0.609. The number of rotatable bonds is 6. The molecule has 160 valence electrons. The van der Waals surface area contributed by atoms with E-state index in [4.69, 9.17) is 9.47 Å². The van der Waals surface area contributed by atoms with Gasteiger partial charge in [0, 0.05) is 17.9 Å². The topological polar surface area (TPSA) is 89.0 Å². The highest BCUT2D eigenvalue weighted by Crippen LogP contribution is 2.60. The largest absolute Gasteiger partial charge is 0.497 e. The highest BCUT2D eigenvalue weighted by molar-refractivity contribution is 6.42. The molecule has 4 aliphatic carbocycles. The van der Waals surface area contributed by atoms with E-state index in [2.05, 4.69) is 15.8 Å². The van der Waals surface area contributed by atoms with Crippen molar-refractivity contribution in [1.82, 2.24) is 5.43 Å². The number of Topliss-reactive ketones (excluding diaryl/α,β-unsaturated/α-hetero) is 1. The van der Waals surface area contributed by atoms with Gasteiger partial charge in [0.25, 0.3) is 0 Å². The second-order valence-electron chi connectivity index (χ2n) is 9.53. The molecule has 0 spiro atoms. The van der Waals surface area contributed by atoms with Gasteiger partial charge in [0.15, 0.2) is 5.78 Å². The lowest BCUT2D eigenvalue weighted by Crippen LogP contribution is -2.51. The highest BCUT2D eigenvalue weighted by atomic mass is 16.5. The first-order valence-electron chi connectivity index (χ1n) is 10.9. The molecule has 1 aliphatic heterocycles. The fourth-order valence-corrected chi connectivity index (χ4v) is 6.56. The van der Waals surface area contributed by atoms with Crippen LogP contribution in [0.4, 0.5) is 5.69 Å². The van der Waals surface area contributed by atoms with Crippen molar-refractivity contribution < 1.29 is 19.1 Å². The minimum absolute atomic E-state index is 0.184. The maximum Gasteiger partial charge on any atom is 0.249 e. The van der Waals surface area contributed by atoms with Crippen LogP contribution in [-0.4, -0.2) is 37.7 Å². The predicted molar refractivity (Wildman–Crippen MR) is 113 cm³/mol. The van der Waals surface area contributed by atoms with Crippen LogP contribution < -0.4 is 20.2 Å². The molecular weight excluding hydrogens is 382 g/mol. The molecule has 0 radical (unpaired) electrons. The Bertz CT molecular complexity index is 874. The van der Waals surface area contributed by atoms with E-state index >= 15 is 0 Å². The Labute approximate surface area is 176 Å². The first-order chi connectivity index (χ1) is 14.5. The zero-order chi connectivity index (χ0) is 20.9. The van der Waals surface area contributed by atoms with Gasteiger partial charge in [-0.3, -0.25) is 15.0 Å². The first-order valence-corrected chi connectivity index (χ1v) is 10.9. The summed E-state index contributed by atoms with van der Waals surface area (Å²) in [6.07, 6.45) is 7.25. The lowest BCUT2D eigenvalue weighted by molar-refractivity contribution is -0.136. The number of carbonyl (C=O) groups excluding carboxylic acids is 2. The van der Waals surface area contributed by atoms with Crippen molar-refractivity contribution in [1.29, 1.82) is 0 Å². The maximum absolute atomic E-state index is 13.5. The molecule has 1 atom stereocenters. The molecule has 2 N–H and O–H groups in total. The third kappa shape index (κ3) is 3.24.